The van der Waals surface area contributed by atoms with E-state index in [1.807, 2.05) is 30.3 Å². The van der Waals surface area contributed by atoms with Crippen LogP contribution in [0.25, 0.3) is 22.3 Å². The van der Waals surface area contributed by atoms with Crippen LogP contribution in [-0.4, -0.2) is 13.1 Å². The summed E-state index contributed by atoms with van der Waals surface area (Å²) in [5.41, 5.74) is 3.09. The fourth-order valence-corrected chi connectivity index (χ4v) is 3.83. The van der Waals surface area contributed by atoms with E-state index >= 15 is 0 Å². The lowest BCUT2D eigenvalue weighted by molar-refractivity contribution is 0.0600. The molecule has 5 nitrogen and oxygen atoms in total. The van der Waals surface area contributed by atoms with Gasteiger partial charge in [0.05, 0.1) is 18.1 Å². The molecule has 0 radical (unpaired) electrons. The Morgan fingerprint density at radius 2 is 1.74 bits per heavy atom. The van der Waals surface area contributed by atoms with Crippen molar-refractivity contribution in [1.82, 2.24) is 0 Å². The molecule has 1 aromatic heterocycles. The predicted octanol–water partition coefficient (Wildman–Crippen LogP) is 6.78. The standard InChI is InChI=1S/C28H25ClO5/c1-28(2,3)20-10-8-18(9-11-20)25-26(24(30)22-15-21(29)12-13-23(22)34-25)33-16-17-6-5-7-19(14-17)27(31)32-4/h5-15H,16H2,1-4H3. The lowest BCUT2D eigenvalue weighted by Gasteiger charge is -2.19. The second-order valence-electron chi connectivity index (χ2n) is 9.04. The van der Waals surface area contributed by atoms with Crippen LogP contribution in [0.3, 0.4) is 0 Å². The fraction of sp³-hybridized carbons (Fsp3) is 0.214. The summed E-state index contributed by atoms with van der Waals surface area (Å²) in [7, 11) is 1.33. The maximum atomic E-state index is 13.4. The minimum Gasteiger partial charge on any atom is -0.481 e. The number of carbonyl (C=O) groups is 1. The van der Waals surface area contributed by atoms with E-state index in [0.29, 0.717) is 32.9 Å². The molecule has 0 saturated carbocycles. The Hall–Kier alpha value is -3.57. The molecule has 34 heavy (non-hydrogen) atoms. The Balaban J connectivity index is 1.79. The number of hydrogen-bond donors (Lipinski definition) is 0. The fourth-order valence-electron chi connectivity index (χ4n) is 3.65. The van der Waals surface area contributed by atoms with Crippen molar-refractivity contribution < 1.29 is 18.7 Å². The third kappa shape index (κ3) is 4.85. The zero-order chi connectivity index (χ0) is 24.5. The van der Waals surface area contributed by atoms with Gasteiger partial charge < -0.3 is 13.9 Å². The molecule has 0 atom stereocenters. The van der Waals surface area contributed by atoms with Crippen LogP contribution in [0.2, 0.25) is 5.02 Å². The van der Waals surface area contributed by atoms with Gasteiger partial charge in [0.15, 0.2) is 5.76 Å². The first-order valence-electron chi connectivity index (χ1n) is 10.8. The largest absolute Gasteiger partial charge is 0.481 e. The average Bonchev–Trinajstić information content (AvgIpc) is 2.83. The topological polar surface area (TPSA) is 65.7 Å². The van der Waals surface area contributed by atoms with Gasteiger partial charge in [-0.1, -0.05) is 68.8 Å². The van der Waals surface area contributed by atoms with E-state index in [2.05, 4.69) is 20.8 Å². The van der Waals surface area contributed by atoms with Crippen molar-refractivity contribution in [2.75, 3.05) is 7.11 Å². The molecule has 0 spiro atoms. The van der Waals surface area contributed by atoms with Gasteiger partial charge in [0.2, 0.25) is 11.2 Å². The highest BCUT2D eigenvalue weighted by atomic mass is 35.5. The van der Waals surface area contributed by atoms with E-state index in [1.165, 1.54) is 7.11 Å². The van der Waals surface area contributed by atoms with Crippen molar-refractivity contribution in [2.24, 2.45) is 0 Å². The zero-order valence-electron chi connectivity index (χ0n) is 19.5. The molecule has 0 bridgehead atoms. The van der Waals surface area contributed by atoms with Gasteiger partial charge in [0, 0.05) is 10.6 Å². The molecule has 6 heteroatoms. The van der Waals surface area contributed by atoms with Crippen LogP contribution >= 0.6 is 11.6 Å². The summed E-state index contributed by atoms with van der Waals surface area (Å²) in [6, 6.07) is 19.7. The van der Waals surface area contributed by atoms with E-state index in [9.17, 15) is 9.59 Å². The molecule has 0 amide bonds. The summed E-state index contributed by atoms with van der Waals surface area (Å²) in [4.78, 5) is 25.3. The number of ether oxygens (including phenoxy) is 2. The summed E-state index contributed by atoms with van der Waals surface area (Å²) in [5, 5.41) is 0.764. The Morgan fingerprint density at radius 3 is 2.41 bits per heavy atom. The molecule has 0 unspecified atom stereocenters. The van der Waals surface area contributed by atoms with Crippen molar-refractivity contribution in [3.63, 3.8) is 0 Å². The molecule has 0 aliphatic heterocycles. The van der Waals surface area contributed by atoms with Gasteiger partial charge in [-0.25, -0.2) is 4.79 Å². The van der Waals surface area contributed by atoms with Crippen LogP contribution in [0.15, 0.2) is 75.9 Å². The Bertz CT molecular complexity index is 1410. The zero-order valence-corrected chi connectivity index (χ0v) is 20.2. The number of rotatable bonds is 5. The van der Waals surface area contributed by atoms with Crippen molar-refractivity contribution in [1.29, 1.82) is 0 Å². The van der Waals surface area contributed by atoms with Crippen LogP contribution in [0.1, 0.15) is 42.3 Å². The maximum absolute atomic E-state index is 13.4. The molecule has 0 saturated heterocycles. The van der Waals surface area contributed by atoms with E-state index < -0.39 is 5.97 Å². The molecule has 4 rings (SSSR count). The normalized spacial score (nSPS) is 11.4. The molecule has 4 aromatic rings. The van der Waals surface area contributed by atoms with Gasteiger partial charge in [-0.3, -0.25) is 4.79 Å². The summed E-state index contributed by atoms with van der Waals surface area (Å²) in [6.45, 7) is 6.48. The first-order valence-corrected chi connectivity index (χ1v) is 11.2. The second-order valence-corrected chi connectivity index (χ2v) is 9.47. The molecule has 3 aromatic carbocycles. The summed E-state index contributed by atoms with van der Waals surface area (Å²) in [5.74, 6) is -0.0208. The van der Waals surface area contributed by atoms with E-state index in [0.717, 1.165) is 11.1 Å². The van der Waals surface area contributed by atoms with Crippen molar-refractivity contribution in [3.8, 4) is 17.1 Å². The quantitative estimate of drug-likeness (QED) is 0.297. The van der Waals surface area contributed by atoms with Crippen molar-refractivity contribution in [3.05, 3.63) is 98.7 Å². The number of benzene rings is 3. The van der Waals surface area contributed by atoms with Gasteiger partial charge in [-0.2, -0.15) is 0 Å². The van der Waals surface area contributed by atoms with E-state index in [4.69, 9.17) is 25.5 Å². The number of hydrogen-bond acceptors (Lipinski definition) is 5. The first kappa shape index (κ1) is 23.6. The highest BCUT2D eigenvalue weighted by molar-refractivity contribution is 6.31. The Kier molecular flexibility index (Phi) is 6.49. The molecule has 174 valence electrons. The maximum Gasteiger partial charge on any atom is 0.337 e. The molecule has 0 aliphatic carbocycles. The predicted molar refractivity (Wildman–Crippen MR) is 134 cm³/mol. The third-order valence-corrected chi connectivity index (χ3v) is 5.79. The smallest absolute Gasteiger partial charge is 0.337 e. The number of carbonyl (C=O) groups excluding carboxylic acids is 1. The minimum atomic E-state index is -0.443. The van der Waals surface area contributed by atoms with E-state index in [1.54, 1.807) is 36.4 Å². The molecule has 1 heterocycles. The molecule has 0 aliphatic rings. The lowest BCUT2D eigenvalue weighted by Crippen LogP contribution is -2.12. The second kappa shape index (κ2) is 9.35. The Labute approximate surface area is 202 Å². The van der Waals surface area contributed by atoms with Gasteiger partial charge in [-0.15, -0.1) is 0 Å². The average molecular weight is 477 g/mol. The summed E-state index contributed by atoms with van der Waals surface area (Å²) >= 11 is 6.13. The number of halogens is 1. The summed E-state index contributed by atoms with van der Waals surface area (Å²) in [6.07, 6.45) is 0. The molecular formula is C28H25ClO5. The molecule has 0 fully saturated rings. The SMILES string of the molecule is COC(=O)c1cccc(COc2c(-c3ccc(C(C)(C)C)cc3)oc3ccc(Cl)cc3c2=O)c1. The summed E-state index contributed by atoms with van der Waals surface area (Å²) < 4.78 is 17.0. The van der Waals surface area contributed by atoms with Crippen molar-refractivity contribution >= 4 is 28.5 Å². The van der Waals surface area contributed by atoms with Gasteiger partial charge >= 0.3 is 5.97 Å². The van der Waals surface area contributed by atoms with Crippen LogP contribution in [0.5, 0.6) is 5.75 Å². The highest BCUT2D eigenvalue weighted by Crippen LogP contribution is 2.33. The number of esters is 1. The van der Waals surface area contributed by atoms with Crippen molar-refractivity contribution in [2.45, 2.75) is 32.8 Å². The van der Waals surface area contributed by atoms with Gasteiger partial charge in [0.1, 0.15) is 12.2 Å². The highest BCUT2D eigenvalue weighted by Gasteiger charge is 2.20. The Morgan fingerprint density at radius 1 is 1.00 bits per heavy atom. The monoisotopic (exact) mass is 476 g/mol. The minimum absolute atomic E-state index is 0.0104. The van der Waals surface area contributed by atoms with Gasteiger partial charge in [-0.05, 0) is 46.9 Å². The van der Waals surface area contributed by atoms with Crippen LogP contribution in [0.4, 0.5) is 0 Å². The number of methoxy groups -OCH3 is 1. The lowest BCUT2D eigenvalue weighted by atomic mass is 9.86. The molecule has 0 N–H and O–H groups in total. The number of fused-ring (bicyclic) bond motifs is 1. The van der Waals surface area contributed by atoms with Crippen LogP contribution in [0, 0.1) is 0 Å². The van der Waals surface area contributed by atoms with Crippen LogP contribution in [-0.2, 0) is 16.8 Å². The first-order chi connectivity index (χ1) is 16.2. The third-order valence-electron chi connectivity index (χ3n) is 5.56. The van der Waals surface area contributed by atoms with E-state index in [-0.39, 0.29) is 23.2 Å². The van der Waals surface area contributed by atoms with Gasteiger partial charge in [0.25, 0.3) is 0 Å². The molecular weight excluding hydrogens is 452 g/mol. The van der Waals surface area contributed by atoms with Crippen LogP contribution < -0.4 is 10.2 Å².